The Bertz CT molecular complexity index is 1490. The minimum Gasteiger partial charge on any atom is -0.332 e. The number of carbonyl (C=O) groups is 1. The van der Waals surface area contributed by atoms with Gasteiger partial charge in [0, 0.05) is 27.2 Å². The number of carbonyl (C=O) groups excluding carboxylic acids is 1. The Kier molecular flexibility index (Phi) is 5.30. The van der Waals surface area contributed by atoms with Crippen molar-refractivity contribution in [1.29, 1.82) is 0 Å². The van der Waals surface area contributed by atoms with E-state index in [-0.39, 0.29) is 11.0 Å². The maximum atomic E-state index is 12.8. The van der Waals surface area contributed by atoms with Gasteiger partial charge in [-0.05, 0) is 60.9 Å². The number of thiocarbonyl (C=S) groups is 1. The van der Waals surface area contributed by atoms with Crippen molar-refractivity contribution in [3.63, 3.8) is 0 Å². The van der Waals surface area contributed by atoms with Crippen molar-refractivity contribution in [2.45, 2.75) is 6.92 Å². The van der Waals surface area contributed by atoms with Gasteiger partial charge in [0.15, 0.2) is 10.9 Å². The lowest BCUT2D eigenvalue weighted by atomic mass is 10.0. The maximum Gasteiger partial charge on any atom is 0.258 e. The van der Waals surface area contributed by atoms with Crippen molar-refractivity contribution in [2.75, 3.05) is 5.32 Å². The van der Waals surface area contributed by atoms with Crippen LogP contribution in [0.4, 0.5) is 5.69 Å². The van der Waals surface area contributed by atoms with E-state index in [4.69, 9.17) is 23.8 Å². The molecule has 7 nitrogen and oxygen atoms in total. The van der Waals surface area contributed by atoms with E-state index in [2.05, 4.69) is 25.9 Å². The van der Waals surface area contributed by atoms with Crippen molar-refractivity contribution in [3.8, 4) is 10.6 Å². The molecule has 3 aromatic carbocycles. The molecule has 32 heavy (non-hydrogen) atoms. The van der Waals surface area contributed by atoms with Crippen LogP contribution >= 0.6 is 35.2 Å². The molecule has 2 N–H and O–H groups in total. The summed E-state index contributed by atoms with van der Waals surface area (Å²) in [5.74, 6) is 0.442. The lowest BCUT2D eigenvalue weighted by Crippen LogP contribution is -2.34. The fraction of sp³-hybridized carbons (Fsp3) is 0.0455. The Hall–Kier alpha value is -3.40. The highest BCUT2D eigenvalue weighted by atomic mass is 35.5. The molecule has 2 heterocycles. The highest BCUT2D eigenvalue weighted by Crippen LogP contribution is 2.27. The Balaban J connectivity index is 1.29. The van der Waals surface area contributed by atoms with Crippen LogP contribution in [-0.4, -0.2) is 30.8 Å². The van der Waals surface area contributed by atoms with Gasteiger partial charge in [0.2, 0.25) is 4.96 Å². The van der Waals surface area contributed by atoms with Crippen molar-refractivity contribution in [1.82, 2.24) is 25.1 Å². The van der Waals surface area contributed by atoms with Gasteiger partial charge in [-0.1, -0.05) is 47.2 Å². The number of amides is 1. The first-order chi connectivity index (χ1) is 15.5. The first-order valence-corrected chi connectivity index (χ1v) is 11.2. The summed E-state index contributed by atoms with van der Waals surface area (Å²) < 4.78 is 1.72. The number of fused-ring (bicyclic) bond motifs is 2. The van der Waals surface area contributed by atoms with Crippen LogP contribution in [0.1, 0.15) is 16.2 Å². The van der Waals surface area contributed by atoms with Gasteiger partial charge in [0.25, 0.3) is 5.91 Å². The van der Waals surface area contributed by atoms with Gasteiger partial charge in [-0.15, -0.1) is 10.2 Å². The molecule has 5 aromatic rings. The van der Waals surface area contributed by atoms with E-state index in [1.807, 2.05) is 49.4 Å². The molecule has 0 unspecified atom stereocenters. The number of anilines is 1. The van der Waals surface area contributed by atoms with Gasteiger partial charge in [-0.2, -0.15) is 9.61 Å². The van der Waals surface area contributed by atoms with Crippen LogP contribution in [0.2, 0.25) is 5.02 Å². The van der Waals surface area contributed by atoms with Crippen LogP contribution in [0.3, 0.4) is 0 Å². The number of nitrogens with zero attached hydrogens (tertiary/aromatic N) is 4. The first-order valence-electron chi connectivity index (χ1n) is 9.58. The van der Waals surface area contributed by atoms with Crippen molar-refractivity contribution in [3.05, 3.63) is 77.1 Å². The van der Waals surface area contributed by atoms with Crippen LogP contribution in [0.15, 0.2) is 60.7 Å². The first kappa shape index (κ1) is 20.5. The molecule has 0 atom stereocenters. The molecule has 0 spiro atoms. The lowest BCUT2D eigenvalue weighted by Gasteiger charge is -2.11. The highest BCUT2D eigenvalue weighted by Gasteiger charge is 2.13. The second kappa shape index (κ2) is 8.27. The smallest absolute Gasteiger partial charge is 0.258 e. The van der Waals surface area contributed by atoms with Gasteiger partial charge in [-0.3, -0.25) is 10.1 Å². The lowest BCUT2D eigenvalue weighted by molar-refractivity contribution is 0.0979. The number of aryl methyl sites for hydroxylation is 1. The summed E-state index contributed by atoms with van der Waals surface area (Å²) in [7, 11) is 0. The Morgan fingerprint density at radius 3 is 2.56 bits per heavy atom. The van der Waals surface area contributed by atoms with Gasteiger partial charge in [0.1, 0.15) is 5.01 Å². The van der Waals surface area contributed by atoms with Crippen molar-refractivity contribution in [2.24, 2.45) is 0 Å². The second-order valence-corrected chi connectivity index (χ2v) is 8.75. The molecular weight excluding hydrogens is 464 g/mol. The monoisotopic (exact) mass is 478 g/mol. The predicted molar refractivity (Wildman–Crippen MR) is 131 cm³/mol. The third-order valence-corrected chi connectivity index (χ3v) is 6.36. The molecule has 5 rings (SSSR count). The third kappa shape index (κ3) is 3.81. The van der Waals surface area contributed by atoms with E-state index in [1.54, 1.807) is 22.7 Å². The fourth-order valence-corrected chi connectivity index (χ4v) is 4.67. The van der Waals surface area contributed by atoms with E-state index >= 15 is 0 Å². The number of benzene rings is 3. The van der Waals surface area contributed by atoms with E-state index in [0.717, 1.165) is 37.8 Å². The van der Waals surface area contributed by atoms with Crippen LogP contribution in [-0.2, 0) is 0 Å². The summed E-state index contributed by atoms with van der Waals surface area (Å²) in [4.78, 5) is 13.5. The molecule has 0 radical (unpaired) electrons. The zero-order valence-electron chi connectivity index (χ0n) is 16.7. The average Bonchev–Trinajstić information content (AvgIpc) is 3.36. The summed E-state index contributed by atoms with van der Waals surface area (Å²) in [5.41, 5.74) is 2.20. The predicted octanol–water partition coefficient (Wildman–Crippen LogP) is 5.09. The largest absolute Gasteiger partial charge is 0.332 e. The van der Waals surface area contributed by atoms with Crippen molar-refractivity contribution < 1.29 is 4.79 Å². The zero-order chi connectivity index (χ0) is 22.2. The minimum atomic E-state index is -0.304. The standard InChI is InChI=1S/C22H15ClN6OS2/c1-12-26-27-22-29(12)28-20(32-22)13-8-10-14(11-9-13)24-21(31)25-19(30)17-6-2-5-16-15(17)4-3-7-18(16)23/h2-11H,1H3,(H2,24,25,30,31). The number of halogens is 1. The highest BCUT2D eigenvalue weighted by molar-refractivity contribution is 7.80. The van der Waals surface area contributed by atoms with Crippen LogP contribution < -0.4 is 10.6 Å². The maximum absolute atomic E-state index is 12.8. The van der Waals surface area contributed by atoms with Gasteiger partial charge >= 0.3 is 0 Å². The quantitative estimate of drug-likeness (QED) is 0.351. The SMILES string of the molecule is Cc1nnc2sc(-c3ccc(NC(=S)NC(=O)c4cccc5c(Cl)cccc45)cc3)nn12. The number of hydrogen-bond acceptors (Lipinski definition) is 6. The van der Waals surface area contributed by atoms with Crippen LogP contribution in [0.25, 0.3) is 26.3 Å². The van der Waals surface area contributed by atoms with Gasteiger partial charge in [-0.25, -0.2) is 0 Å². The Morgan fingerprint density at radius 2 is 1.78 bits per heavy atom. The number of aromatic nitrogens is 4. The molecule has 2 aromatic heterocycles. The normalized spacial score (nSPS) is 11.1. The summed E-state index contributed by atoms with van der Waals surface area (Å²) in [6.07, 6.45) is 0. The third-order valence-electron chi connectivity index (χ3n) is 4.88. The molecule has 0 aliphatic rings. The topological polar surface area (TPSA) is 84.2 Å². The van der Waals surface area contributed by atoms with Gasteiger partial charge < -0.3 is 5.32 Å². The molecular formula is C22H15ClN6OS2. The molecule has 0 saturated heterocycles. The fourth-order valence-electron chi connectivity index (χ4n) is 3.33. The second-order valence-electron chi connectivity index (χ2n) is 6.97. The van der Waals surface area contributed by atoms with E-state index in [1.165, 1.54) is 11.3 Å². The summed E-state index contributed by atoms with van der Waals surface area (Å²) in [6.45, 7) is 1.86. The molecule has 158 valence electrons. The summed E-state index contributed by atoms with van der Waals surface area (Å²) in [5, 5.41) is 21.6. The molecule has 10 heteroatoms. The van der Waals surface area contributed by atoms with E-state index < -0.39 is 0 Å². The minimum absolute atomic E-state index is 0.205. The Labute approximate surface area is 197 Å². The Morgan fingerprint density at radius 1 is 1.03 bits per heavy atom. The van der Waals surface area contributed by atoms with Crippen LogP contribution in [0.5, 0.6) is 0 Å². The molecule has 0 bridgehead atoms. The van der Waals surface area contributed by atoms with E-state index in [9.17, 15) is 4.79 Å². The summed E-state index contributed by atoms with van der Waals surface area (Å²) in [6, 6.07) is 18.5. The molecule has 0 aliphatic heterocycles. The molecule has 0 aliphatic carbocycles. The molecule has 0 saturated carbocycles. The molecule has 0 fully saturated rings. The van der Waals surface area contributed by atoms with Crippen molar-refractivity contribution >= 4 is 67.6 Å². The molecule has 1 amide bonds. The zero-order valence-corrected chi connectivity index (χ0v) is 19.1. The summed E-state index contributed by atoms with van der Waals surface area (Å²) >= 11 is 13.0. The van der Waals surface area contributed by atoms with E-state index in [0.29, 0.717) is 10.6 Å². The van der Waals surface area contributed by atoms with Gasteiger partial charge in [0.05, 0.1) is 0 Å². The number of hydrogen-bond donors (Lipinski definition) is 2. The number of nitrogens with one attached hydrogen (secondary N) is 2. The number of rotatable bonds is 3. The average molecular weight is 479 g/mol. The van der Waals surface area contributed by atoms with Crippen LogP contribution in [0, 0.1) is 6.92 Å².